The van der Waals surface area contributed by atoms with E-state index in [1.807, 2.05) is 0 Å². The third-order valence-corrected chi connectivity index (χ3v) is 5.64. The second-order valence-electron chi connectivity index (χ2n) is 1.46. The molecule has 0 fully saturated rings. The Morgan fingerprint density at radius 3 is 1.44 bits per heavy atom. The van der Waals surface area contributed by atoms with E-state index in [1.165, 1.54) is 0 Å². The highest BCUT2D eigenvalue weighted by atomic mass is 127. The Morgan fingerprint density at radius 2 is 1.44 bits per heavy atom. The van der Waals surface area contributed by atoms with E-state index in [0.717, 1.165) is 0 Å². The first-order valence-electron chi connectivity index (χ1n) is 1.93. The van der Waals surface area contributed by atoms with Gasteiger partial charge in [-0.05, 0) is 67.8 Å². The van der Waals surface area contributed by atoms with Crippen molar-refractivity contribution >= 4 is 67.8 Å². The minimum atomic E-state index is -1.47. The molecule has 0 amide bonds. The van der Waals surface area contributed by atoms with E-state index >= 15 is 0 Å². The van der Waals surface area contributed by atoms with Crippen LogP contribution in [0.25, 0.3) is 0 Å². The fraction of sp³-hybridized carbons (Fsp3) is 1.00. The number of rotatable bonds is 2. The zero-order chi connectivity index (χ0) is 7.71. The topological polar surface area (TPSA) is 60.7 Å². The Labute approximate surface area is 93.6 Å². The summed E-state index contributed by atoms with van der Waals surface area (Å²) in [6.45, 7) is -0.462. The summed E-state index contributed by atoms with van der Waals surface area (Å²) in [5, 5.41) is 26.7. The summed E-state index contributed by atoms with van der Waals surface area (Å²) in [4.78, 5) is 0. The minimum Gasteiger partial charge on any atom is -0.392 e. The highest BCUT2D eigenvalue weighted by Crippen LogP contribution is 2.40. The highest BCUT2D eigenvalue weighted by Gasteiger charge is 2.42. The minimum absolute atomic E-state index is 0.462. The Morgan fingerprint density at radius 1 is 1.11 bits per heavy atom. The van der Waals surface area contributed by atoms with Crippen LogP contribution >= 0.6 is 67.8 Å². The van der Waals surface area contributed by atoms with Gasteiger partial charge in [-0.3, -0.25) is 0 Å². The van der Waals surface area contributed by atoms with Crippen molar-refractivity contribution in [2.45, 2.75) is 5.22 Å². The summed E-state index contributed by atoms with van der Waals surface area (Å²) >= 11 is 4.88. The molecular weight excluding hydrogens is 465 g/mol. The molecule has 0 heterocycles. The molecular formula is C3H5I3O3. The summed E-state index contributed by atoms with van der Waals surface area (Å²) in [6, 6.07) is 0. The number of hydrogen-bond donors (Lipinski definition) is 3. The summed E-state index contributed by atoms with van der Waals surface area (Å²) in [6.07, 6.45) is 0. The van der Waals surface area contributed by atoms with E-state index in [1.54, 1.807) is 67.8 Å². The van der Waals surface area contributed by atoms with Crippen molar-refractivity contribution in [1.82, 2.24) is 0 Å². The predicted molar refractivity (Wildman–Crippen MR) is 59.0 cm³/mol. The standard InChI is InChI=1S/C3H5I3O3/c4-2(8,1-7)3(5,6)9/h7-9H,1H2. The third-order valence-electron chi connectivity index (χ3n) is 0.670. The molecule has 0 spiro atoms. The van der Waals surface area contributed by atoms with Crippen LogP contribution in [0.4, 0.5) is 0 Å². The summed E-state index contributed by atoms with van der Waals surface area (Å²) in [7, 11) is 0. The maximum absolute atomic E-state index is 9.13. The van der Waals surface area contributed by atoms with Gasteiger partial charge < -0.3 is 15.3 Å². The number of alkyl halides is 3. The fourth-order valence-electron chi connectivity index (χ4n) is 0.0951. The summed E-state index contributed by atoms with van der Waals surface area (Å²) in [5.41, 5.74) is 0. The van der Waals surface area contributed by atoms with Gasteiger partial charge in [-0.15, -0.1) is 0 Å². The predicted octanol–water partition coefficient (Wildman–Crippen LogP) is 0.618. The average Bonchev–Trinajstić information content (AvgIpc) is 1.64. The number of halogens is 3. The van der Waals surface area contributed by atoms with Crippen molar-refractivity contribution in [2.24, 2.45) is 0 Å². The third kappa shape index (κ3) is 3.31. The maximum atomic E-state index is 9.13. The molecule has 9 heavy (non-hydrogen) atoms. The summed E-state index contributed by atoms with van der Waals surface area (Å²) < 4.78 is -2.79. The molecule has 0 aliphatic heterocycles. The van der Waals surface area contributed by atoms with Crippen LogP contribution in [-0.4, -0.2) is 27.1 Å². The number of aliphatic hydroxyl groups excluding tert-OH is 1. The molecule has 0 aromatic heterocycles. The molecule has 0 radical (unpaired) electrons. The molecule has 0 aromatic carbocycles. The molecule has 0 saturated carbocycles. The first-order valence-corrected chi connectivity index (χ1v) is 5.17. The van der Waals surface area contributed by atoms with Crippen molar-refractivity contribution in [3.63, 3.8) is 0 Å². The quantitative estimate of drug-likeness (QED) is 0.410. The molecule has 0 aromatic rings. The van der Waals surface area contributed by atoms with Crippen LogP contribution in [0.1, 0.15) is 0 Å². The lowest BCUT2D eigenvalue weighted by atomic mass is 10.4. The van der Waals surface area contributed by atoms with Crippen LogP contribution in [0, 0.1) is 0 Å². The zero-order valence-electron chi connectivity index (χ0n) is 4.18. The molecule has 56 valence electrons. The molecule has 0 aliphatic rings. The van der Waals surface area contributed by atoms with E-state index in [2.05, 4.69) is 0 Å². The Balaban J connectivity index is 4.14. The van der Waals surface area contributed by atoms with E-state index < -0.39 is 11.8 Å². The number of hydrogen-bond acceptors (Lipinski definition) is 3. The Hall–Kier alpha value is 2.07. The van der Waals surface area contributed by atoms with Crippen LogP contribution in [-0.2, 0) is 0 Å². The van der Waals surface area contributed by atoms with Gasteiger partial charge in [-0.2, -0.15) is 0 Å². The smallest absolute Gasteiger partial charge is 0.207 e. The van der Waals surface area contributed by atoms with Gasteiger partial charge in [-0.25, -0.2) is 0 Å². The molecule has 1 unspecified atom stereocenters. The van der Waals surface area contributed by atoms with E-state index in [4.69, 9.17) is 15.3 Å². The molecule has 3 nitrogen and oxygen atoms in total. The molecule has 0 bridgehead atoms. The SMILES string of the molecule is OCC(O)(I)C(O)(I)I. The van der Waals surface area contributed by atoms with Gasteiger partial charge in [0.15, 0.2) is 3.61 Å². The number of aliphatic hydroxyl groups is 3. The fourth-order valence-corrected chi connectivity index (χ4v) is 0.436. The van der Waals surface area contributed by atoms with Gasteiger partial charge in [0.1, 0.15) is 0 Å². The van der Waals surface area contributed by atoms with Crippen LogP contribution in [0.5, 0.6) is 0 Å². The monoisotopic (exact) mass is 470 g/mol. The Bertz CT molecular complexity index is 97.0. The maximum Gasteiger partial charge on any atom is 0.207 e. The molecule has 0 saturated heterocycles. The van der Waals surface area contributed by atoms with E-state index in [0.29, 0.717) is 0 Å². The van der Waals surface area contributed by atoms with E-state index in [-0.39, 0.29) is 0 Å². The van der Waals surface area contributed by atoms with Gasteiger partial charge in [0.05, 0.1) is 6.61 Å². The van der Waals surface area contributed by atoms with Crippen molar-refractivity contribution in [3.8, 4) is 0 Å². The largest absolute Gasteiger partial charge is 0.392 e. The highest BCUT2D eigenvalue weighted by molar-refractivity contribution is 14.2. The van der Waals surface area contributed by atoms with Crippen LogP contribution in [0.3, 0.4) is 0 Å². The molecule has 6 heteroatoms. The van der Waals surface area contributed by atoms with Crippen molar-refractivity contribution in [2.75, 3.05) is 6.61 Å². The Kier molecular flexibility index (Phi) is 4.49. The van der Waals surface area contributed by atoms with Gasteiger partial charge in [0.2, 0.25) is 1.61 Å². The molecule has 0 rings (SSSR count). The van der Waals surface area contributed by atoms with E-state index in [9.17, 15) is 0 Å². The summed E-state index contributed by atoms with van der Waals surface area (Å²) in [5.74, 6) is 0. The first-order chi connectivity index (χ1) is 3.81. The second-order valence-corrected chi connectivity index (χ2v) is 8.43. The lowest BCUT2D eigenvalue weighted by Gasteiger charge is -2.27. The van der Waals surface area contributed by atoms with Gasteiger partial charge in [-0.1, -0.05) is 0 Å². The van der Waals surface area contributed by atoms with Crippen molar-refractivity contribution < 1.29 is 15.3 Å². The molecule has 1 atom stereocenters. The van der Waals surface area contributed by atoms with Crippen LogP contribution < -0.4 is 0 Å². The average molecular weight is 470 g/mol. The van der Waals surface area contributed by atoms with Crippen molar-refractivity contribution in [1.29, 1.82) is 0 Å². The lowest BCUT2D eigenvalue weighted by Crippen LogP contribution is -2.42. The molecule has 0 aliphatic carbocycles. The van der Waals surface area contributed by atoms with Gasteiger partial charge in [0, 0.05) is 0 Å². The molecule has 3 N–H and O–H groups in total. The second kappa shape index (κ2) is 3.65. The van der Waals surface area contributed by atoms with Crippen LogP contribution in [0.15, 0.2) is 0 Å². The lowest BCUT2D eigenvalue weighted by molar-refractivity contribution is 0.0144. The first kappa shape index (κ1) is 11.1. The van der Waals surface area contributed by atoms with Crippen LogP contribution in [0.2, 0.25) is 0 Å². The van der Waals surface area contributed by atoms with Crippen molar-refractivity contribution in [3.05, 3.63) is 0 Å². The normalized spacial score (nSPS) is 19.3. The van der Waals surface area contributed by atoms with Gasteiger partial charge in [0.25, 0.3) is 0 Å². The van der Waals surface area contributed by atoms with Gasteiger partial charge >= 0.3 is 0 Å². The zero-order valence-corrected chi connectivity index (χ0v) is 10.7.